The van der Waals surface area contributed by atoms with E-state index in [0.717, 1.165) is 57.7 Å². The second kappa shape index (κ2) is 12.7. The number of thiocarbonyl (C=S) groups is 2. The summed E-state index contributed by atoms with van der Waals surface area (Å²) in [5.74, 6) is -0.349. The van der Waals surface area contributed by atoms with E-state index in [0.29, 0.717) is 28.1 Å². The molecule has 10 heteroatoms. The van der Waals surface area contributed by atoms with Crippen LogP contribution in [0.1, 0.15) is 75.2 Å². The molecule has 3 aliphatic heterocycles. The van der Waals surface area contributed by atoms with Crippen LogP contribution in [0.15, 0.2) is 18.2 Å². The second-order valence-corrected chi connectivity index (χ2v) is 11.4. The van der Waals surface area contributed by atoms with E-state index in [-0.39, 0.29) is 18.5 Å². The van der Waals surface area contributed by atoms with Gasteiger partial charge >= 0.3 is 5.97 Å². The molecule has 1 amide bonds. The zero-order valence-electron chi connectivity index (χ0n) is 22.9. The van der Waals surface area contributed by atoms with E-state index in [2.05, 4.69) is 14.7 Å². The van der Waals surface area contributed by atoms with Crippen molar-refractivity contribution >= 4 is 52.3 Å². The minimum Gasteiger partial charge on any atom is -0.471 e. The van der Waals surface area contributed by atoms with Crippen molar-refractivity contribution in [1.29, 1.82) is 0 Å². The molecule has 0 radical (unpaired) electrons. The number of nitrogens with zero attached hydrogens (tertiary/aromatic N) is 4. The second-order valence-electron chi connectivity index (χ2n) is 10.7. The Morgan fingerprint density at radius 1 is 1.00 bits per heavy atom. The van der Waals surface area contributed by atoms with E-state index in [4.69, 9.17) is 33.9 Å². The monoisotopic (exact) mass is 560 g/mol. The van der Waals surface area contributed by atoms with E-state index in [1.165, 1.54) is 25.7 Å². The zero-order valence-corrected chi connectivity index (χ0v) is 24.5. The molecule has 0 saturated carbocycles. The molecule has 2 fully saturated rings. The number of hydrogen-bond donors (Lipinski definition) is 0. The lowest BCUT2D eigenvalue weighted by Crippen LogP contribution is -2.48. The normalized spacial score (nSPS) is 19.2. The maximum absolute atomic E-state index is 13.3. The summed E-state index contributed by atoms with van der Waals surface area (Å²) in [6, 6.07) is 5.35. The van der Waals surface area contributed by atoms with Gasteiger partial charge in [-0.15, -0.1) is 0 Å². The van der Waals surface area contributed by atoms with E-state index < -0.39 is 5.54 Å². The Kier molecular flexibility index (Phi) is 9.59. The Balaban J connectivity index is 1.14. The summed E-state index contributed by atoms with van der Waals surface area (Å²) in [6.45, 7) is 12.6. The quantitative estimate of drug-likeness (QED) is 0.223. The van der Waals surface area contributed by atoms with Crippen molar-refractivity contribution in [3.05, 3.63) is 29.3 Å². The minimum absolute atomic E-state index is 0.0340. The summed E-state index contributed by atoms with van der Waals surface area (Å²) in [7, 11) is 0. The number of carbonyl (C=O) groups is 2. The molecule has 4 rings (SSSR count). The highest BCUT2D eigenvalue weighted by Crippen LogP contribution is 2.34. The van der Waals surface area contributed by atoms with Crippen LogP contribution >= 0.6 is 24.4 Å². The largest absolute Gasteiger partial charge is 0.471 e. The zero-order chi connectivity index (χ0) is 27.3. The van der Waals surface area contributed by atoms with Gasteiger partial charge in [0.05, 0.1) is 17.9 Å². The van der Waals surface area contributed by atoms with Crippen LogP contribution in [0.4, 0.5) is 5.69 Å². The third-order valence-electron chi connectivity index (χ3n) is 7.75. The molecule has 0 unspecified atom stereocenters. The van der Waals surface area contributed by atoms with Crippen LogP contribution in [0.2, 0.25) is 0 Å². The molecule has 2 saturated heterocycles. The number of anilines is 1. The number of ether oxygens (including phenoxy) is 2. The van der Waals surface area contributed by atoms with Crippen molar-refractivity contribution in [2.24, 2.45) is 0 Å². The van der Waals surface area contributed by atoms with Crippen LogP contribution in [0.25, 0.3) is 0 Å². The van der Waals surface area contributed by atoms with Gasteiger partial charge in [-0.25, -0.2) is 4.79 Å². The molecule has 0 N–H and O–H groups in total. The fourth-order valence-corrected chi connectivity index (χ4v) is 6.19. The lowest BCUT2D eigenvalue weighted by atomic mass is 10.0. The van der Waals surface area contributed by atoms with Crippen molar-refractivity contribution in [2.45, 2.75) is 71.4 Å². The molecular formula is C28H40N4O4S2. The molecule has 0 atom stereocenters. The van der Waals surface area contributed by atoms with Gasteiger partial charge in [-0.3, -0.25) is 14.6 Å². The first-order valence-electron chi connectivity index (χ1n) is 13.8. The summed E-state index contributed by atoms with van der Waals surface area (Å²) in [6.07, 6.45) is 6.99. The van der Waals surface area contributed by atoms with E-state index >= 15 is 0 Å². The SMILES string of the molecule is CCOC(=S)N1CCN(CCCCCCCCN2C(=S)N(c3ccc4c(c3)COC4=O)C(=O)C2(C)C)CC1. The number of carbonyl (C=O) groups excluding carboxylic acids is 2. The number of unbranched alkanes of at least 4 members (excludes halogenated alkanes) is 5. The maximum atomic E-state index is 13.3. The number of esters is 1. The third-order valence-corrected chi connectivity index (χ3v) is 8.53. The van der Waals surface area contributed by atoms with Crippen molar-refractivity contribution < 1.29 is 19.1 Å². The number of fused-ring (bicyclic) bond motifs is 1. The molecule has 0 aromatic heterocycles. The van der Waals surface area contributed by atoms with Crippen LogP contribution < -0.4 is 4.90 Å². The fourth-order valence-electron chi connectivity index (χ4n) is 5.38. The number of amides is 1. The molecule has 0 spiro atoms. The molecular weight excluding hydrogens is 520 g/mol. The fraction of sp³-hybridized carbons (Fsp3) is 0.643. The van der Waals surface area contributed by atoms with Crippen molar-refractivity contribution in [3.8, 4) is 0 Å². The van der Waals surface area contributed by atoms with Crippen molar-refractivity contribution in [1.82, 2.24) is 14.7 Å². The Hall–Kier alpha value is -2.30. The van der Waals surface area contributed by atoms with Crippen molar-refractivity contribution in [2.75, 3.05) is 50.8 Å². The number of hydrogen-bond acceptors (Lipinski definition) is 7. The van der Waals surface area contributed by atoms with Crippen LogP contribution in [0.5, 0.6) is 0 Å². The number of cyclic esters (lactones) is 1. The predicted octanol–water partition coefficient (Wildman–Crippen LogP) is 4.35. The van der Waals surface area contributed by atoms with Gasteiger partial charge in [0.1, 0.15) is 12.1 Å². The summed E-state index contributed by atoms with van der Waals surface area (Å²) in [5.41, 5.74) is 1.37. The topological polar surface area (TPSA) is 65.6 Å². The molecule has 3 aliphatic rings. The molecule has 38 heavy (non-hydrogen) atoms. The van der Waals surface area contributed by atoms with Crippen LogP contribution in [-0.4, -0.2) is 88.3 Å². The number of benzene rings is 1. The van der Waals surface area contributed by atoms with Gasteiger partial charge in [-0.2, -0.15) is 0 Å². The van der Waals surface area contributed by atoms with Gasteiger partial charge in [0.2, 0.25) is 0 Å². The van der Waals surface area contributed by atoms with Gasteiger partial charge in [0.25, 0.3) is 11.1 Å². The lowest BCUT2D eigenvalue weighted by molar-refractivity contribution is -0.123. The Bertz CT molecular complexity index is 1060. The Morgan fingerprint density at radius 3 is 2.34 bits per heavy atom. The third kappa shape index (κ3) is 6.29. The summed E-state index contributed by atoms with van der Waals surface area (Å²) < 4.78 is 10.6. The first-order valence-corrected chi connectivity index (χ1v) is 14.7. The molecule has 1 aromatic carbocycles. The Labute approximate surface area is 237 Å². The molecule has 3 heterocycles. The predicted molar refractivity (Wildman–Crippen MR) is 156 cm³/mol. The van der Waals surface area contributed by atoms with Gasteiger partial charge in [-0.1, -0.05) is 25.7 Å². The van der Waals surface area contributed by atoms with Gasteiger partial charge in [0.15, 0.2) is 5.11 Å². The van der Waals surface area contributed by atoms with Crippen LogP contribution in [0, 0.1) is 0 Å². The first kappa shape index (κ1) is 28.7. The molecule has 8 nitrogen and oxygen atoms in total. The van der Waals surface area contributed by atoms with Gasteiger partial charge < -0.3 is 19.3 Å². The highest BCUT2D eigenvalue weighted by Gasteiger charge is 2.49. The molecule has 1 aromatic rings. The average molecular weight is 561 g/mol. The summed E-state index contributed by atoms with van der Waals surface area (Å²) >= 11 is 11.1. The maximum Gasteiger partial charge on any atom is 0.338 e. The average Bonchev–Trinajstić information content (AvgIpc) is 3.35. The summed E-state index contributed by atoms with van der Waals surface area (Å²) in [4.78, 5) is 33.5. The molecule has 208 valence electrons. The van der Waals surface area contributed by atoms with Crippen molar-refractivity contribution in [3.63, 3.8) is 0 Å². The number of piperazine rings is 1. The van der Waals surface area contributed by atoms with Gasteiger partial charge in [-0.05, 0) is 82.8 Å². The highest BCUT2D eigenvalue weighted by molar-refractivity contribution is 7.80. The number of rotatable bonds is 11. The van der Waals surface area contributed by atoms with E-state index in [1.807, 2.05) is 26.8 Å². The molecule has 0 aliphatic carbocycles. The first-order chi connectivity index (χ1) is 18.2. The molecule has 0 bridgehead atoms. The van der Waals surface area contributed by atoms with E-state index in [1.54, 1.807) is 17.0 Å². The Morgan fingerprint density at radius 2 is 1.66 bits per heavy atom. The highest BCUT2D eigenvalue weighted by atomic mass is 32.1. The smallest absolute Gasteiger partial charge is 0.338 e. The van der Waals surface area contributed by atoms with E-state index in [9.17, 15) is 9.59 Å². The minimum atomic E-state index is -0.696. The standard InChI is InChI=1S/C28H40N4O4S2/c1-4-35-27(38)30-17-15-29(16-18-30)13-9-7-5-6-8-10-14-31-26(37)32(25(34)28(31,2)3)22-11-12-23-21(19-22)20-36-24(23)33/h11-12,19H,4-10,13-18,20H2,1-3H3. The summed E-state index contributed by atoms with van der Waals surface area (Å²) in [5, 5.41) is 1.17. The van der Waals surface area contributed by atoms with Gasteiger partial charge in [0, 0.05) is 38.3 Å². The lowest BCUT2D eigenvalue weighted by Gasteiger charge is -2.35. The van der Waals surface area contributed by atoms with Crippen LogP contribution in [-0.2, 0) is 20.9 Å². The van der Waals surface area contributed by atoms with Crippen LogP contribution in [0.3, 0.4) is 0 Å².